The third kappa shape index (κ3) is 2.00. The molecule has 2 aliphatic rings. The van der Waals surface area contributed by atoms with Gasteiger partial charge in [0.2, 0.25) is 0 Å². The molecule has 3 unspecified atom stereocenters. The molecule has 2 bridgehead atoms. The number of ketones is 1. The SMILES string of the molecule is C=C1C(=O)C2(COC(=O)CC(O)CO)CCC1C2(C)C. The molecule has 3 atom stereocenters. The molecule has 2 aliphatic carbocycles. The molecular weight excluding hydrogens is 260 g/mol. The lowest BCUT2D eigenvalue weighted by Gasteiger charge is -2.35. The summed E-state index contributed by atoms with van der Waals surface area (Å²) in [5.74, 6) is -0.420. The number of hydrogen-bond acceptors (Lipinski definition) is 5. The van der Waals surface area contributed by atoms with Gasteiger partial charge in [-0.2, -0.15) is 0 Å². The van der Waals surface area contributed by atoms with Crippen molar-refractivity contribution in [3.8, 4) is 0 Å². The largest absolute Gasteiger partial charge is 0.464 e. The van der Waals surface area contributed by atoms with Gasteiger partial charge in [0.1, 0.15) is 6.61 Å². The van der Waals surface area contributed by atoms with Gasteiger partial charge in [-0.1, -0.05) is 20.4 Å². The molecule has 2 N–H and O–H groups in total. The van der Waals surface area contributed by atoms with Crippen molar-refractivity contribution in [3.63, 3.8) is 0 Å². The van der Waals surface area contributed by atoms with Crippen molar-refractivity contribution in [2.75, 3.05) is 13.2 Å². The molecular formula is C15H22O5. The van der Waals surface area contributed by atoms with Crippen molar-refractivity contribution in [3.05, 3.63) is 12.2 Å². The highest BCUT2D eigenvalue weighted by Crippen LogP contribution is 2.65. The van der Waals surface area contributed by atoms with E-state index in [1.165, 1.54) is 0 Å². The predicted molar refractivity (Wildman–Crippen MR) is 71.8 cm³/mol. The van der Waals surface area contributed by atoms with Crippen LogP contribution in [0.4, 0.5) is 0 Å². The Labute approximate surface area is 118 Å². The van der Waals surface area contributed by atoms with Crippen LogP contribution in [0.15, 0.2) is 12.2 Å². The molecule has 5 heteroatoms. The van der Waals surface area contributed by atoms with E-state index in [2.05, 4.69) is 6.58 Å². The standard InChI is InChI=1S/C15H22O5/c1-9-11-4-5-15(13(9)19,14(11,2)3)8-20-12(18)6-10(17)7-16/h10-11,16-17H,1,4-8H2,2-3H3. The van der Waals surface area contributed by atoms with Crippen molar-refractivity contribution in [2.24, 2.45) is 16.7 Å². The fourth-order valence-electron chi connectivity index (χ4n) is 3.73. The Morgan fingerprint density at radius 3 is 2.70 bits per heavy atom. The number of allylic oxidation sites excluding steroid dienone is 1. The molecule has 0 saturated heterocycles. The van der Waals surface area contributed by atoms with E-state index >= 15 is 0 Å². The first-order valence-electron chi connectivity index (χ1n) is 6.94. The van der Waals surface area contributed by atoms with Crippen LogP contribution in [-0.2, 0) is 14.3 Å². The van der Waals surface area contributed by atoms with Crippen LogP contribution >= 0.6 is 0 Å². The minimum absolute atomic E-state index is 0.00857. The average Bonchev–Trinajstić information content (AvgIpc) is 2.72. The summed E-state index contributed by atoms with van der Waals surface area (Å²) in [5.41, 5.74) is -0.279. The van der Waals surface area contributed by atoms with Crippen molar-refractivity contribution >= 4 is 11.8 Å². The van der Waals surface area contributed by atoms with E-state index in [-0.39, 0.29) is 30.1 Å². The molecule has 0 radical (unpaired) electrons. The van der Waals surface area contributed by atoms with E-state index in [9.17, 15) is 14.7 Å². The van der Waals surface area contributed by atoms with Gasteiger partial charge in [-0.05, 0) is 29.7 Å². The van der Waals surface area contributed by atoms with E-state index in [0.29, 0.717) is 12.0 Å². The summed E-state index contributed by atoms with van der Waals surface area (Å²) in [7, 11) is 0. The molecule has 20 heavy (non-hydrogen) atoms. The fourth-order valence-corrected chi connectivity index (χ4v) is 3.73. The smallest absolute Gasteiger partial charge is 0.308 e. The van der Waals surface area contributed by atoms with Gasteiger partial charge in [-0.3, -0.25) is 9.59 Å². The molecule has 0 aromatic carbocycles. The summed E-state index contributed by atoms with van der Waals surface area (Å²) in [6.07, 6.45) is 0.233. The summed E-state index contributed by atoms with van der Waals surface area (Å²) >= 11 is 0. The highest BCUT2D eigenvalue weighted by Gasteiger charge is 2.66. The highest BCUT2D eigenvalue weighted by molar-refractivity contribution is 6.04. The number of hydrogen-bond donors (Lipinski definition) is 2. The van der Waals surface area contributed by atoms with Gasteiger partial charge in [0.05, 0.1) is 24.5 Å². The van der Waals surface area contributed by atoms with E-state index in [1.807, 2.05) is 13.8 Å². The number of aliphatic hydroxyl groups is 2. The monoisotopic (exact) mass is 282 g/mol. The van der Waals surface area contributed by atoms with Crippen LogP contribution in [0.5, 0.6) is 0 Å². The Kier molecular flexibility index (Phi) is 3.77. The number of esters is 1. The Morgan fingerprint density at radius 1 is 1.55 bits per heavy atom. The maximum Gasteiger partial charge on any atom is 0.308 e. The third-order valence-electron chi connectivity index (χ3n) is 5.20. The number of rotatable bonds is 5. The van der Waals surface area contributed by atoms with Crippen molar-refractivity contribution in [1.29, 1.82) is 0 Å². The lowest BCUT2D eigenvalue weighted by Crippen LogP contribution is -2.41. The second-order valence-corrected chi connectivity index (χ2v) is 6.45. The first-order valence-corrected chi connectivity index (χ1v) is 6.94. The van der Waals surface area contributed by atoms with Crippen LogP contribution in [0.25, 0.3) is 0 Å². The van der Waals surface area contributed by atoms with Gasteiger partial charge < -0.3 is 14.9 Å². The molecule has 2 rings (SSSR count). The molecule has 0 spiro atoms. The molecule has 0 amide bonds. The summed E-state index contributed by atoms with van der Waals surface area (Å²) in [6.45, 7) is 7.48. The van der Waals surface area contributed by atoms with Crippen LogP contribution < -0.4 is 0 Å². The molecule has 5 nitrogen and oxygen atoms in total. The third-order valence-corrected chi connectivity index (χ3v) is 5.20. The van der Waals surface area contributed by atoms with Crippen molar-refractivity contribution in [1.82, 2.24) is 0 Å². The molecule has 112 valence electrons. The van der Waals surface area contributed by atoms with E-state index in [0.717, 1.165) is 6.42 Å². The molecule has 0 aromatic rings. The first kappa shape index (κ1) is 15.2. The van der Waals surface area contributed by atoms with Gasteiger partial charge in [-0.15, -0.1) is 0 Å². The lowest BCUT2D eigenvalue weighted by molar-refractivity contribution is -0.154. The Hall–Kier alpha value is -1.20. The quantitative estimate of drug-likeness (QED) is 0.576. The second kappa shape index (κ2) is 4.97. The van der Waals surface area contributed by atoms with E-state index in [1.54, 1.807) is 0 Å². The van der Waals surface area contributed by atoms with E-state index in [4.69, 9.17) is 9.84 Å². The summed E-state index contributed by atoms with van der Waals surface area (Å²) in [6, 6.07) is 0. The molecule has 2 fully saturated rings. The Morgan fingerprint density at radius 2 is 2.20 bits per heavy atom. The van der Waals surface area contributed by atoms with Crippen LogP contribution in [0.3, 0.4) is 0 Å². The van der Waals surface area contributed by atoms with E-state index < -0.39 is 24.1 Å². The predicted octanol–water partition coefficient (Wildman–Crippen LogP) is 0.834. The zero-order valence-corrected chi connectivity index (χ0v) is 12.0. The number of Topliss-reactive ketones (excluding diaryl/α,β-unsaturated/α-hetero) is 1. The van der Waals surface area contributed by atoms with Crippen molar-refractivity contribution in [2.45, 2.75) is 39.2 Å². The number of carbonyl (C=O) groups is 2. The number of carbonyl (C=O) groups excluding carboxylic acids is 2. The maximum absolute atomic E-state index is 12.4. The lowest BCUT2D eigenvalue weighted by atomic mass is 9.69. The van der Waals surface area contributed by atoms with Gasteiger partial charge in [0.15, 0.2) is 5.78 Å². The molecule has 0 aromatic heterocycles. The maximum atomic E-state index is 12.4. The van der Waals surface area contributed by atoms with Crippen LogP contribution in [0, 0.1) is 16.7 Å². The second-order valence-electron chi connectivity index (χ2n) is 6.45. The highest BCUT2D eigenvalue weighted by atomic mass is 16.5. The van der Waals surface area contributed by atoms with Crippen LogP contribution in [0.2, 0.25) is 0 Å². The average molecular weight is 282 g/mol. The number of ether oxygens (including phenoxy) is 1. The van der Waals surface area contributed by atoms with Gasteiger partial charge in [0, 0.05) is 0 Å². The summed E-state index contributed by atoms with van der Waals surface area (Å²) < 4.78 is 5.20. The van der Waals surface area contributed by atoms with Crippen LogP contribution in [-0.4, -0.2) is 41.3 Å². The molecule has 0 aliphatic heterocycles. The summed E-state index contributed by atoms with van der Waals surface area (Å²) in [5, 5.41) is 17.9. The van der Waals surface area contributed by atoms with Gasteiger partial charge in [-0.25, -0.2) is 0 Å². The Balaban J connectivity index is 2.06. The first-order chi connectivity index (χ1) is 9.26. The Bertz CT molecular complexity index is 453. The number of aliphatic hydroxyl groups excluding tert-OH is 2. The molecule has 0 heterocycles. The van der Waals surface area contributed by atoms with Crippen LogP contribution in [0.1, 0.15) is 33.1 Å². The van der Waals surface area contributed by atoms with Gasteiger partial charge >= 0.3 is 5.97 Å². The summed E-state index contributed by atoms with van der Waals surface area (Å²) in [4.78, 5) is 24.0. The minimum atomic E-state index is -1.11. The zero-order chi connectivity index (χ0) is 15.1. The normalized spacial score (nSPS) is 32.5. The van der Waals surface area contributed by atoms with Gasteiger partial charge in [0.25, 0.3) is 0 Å². The zero-order valence-electron chi connectivity index (χ0n) is 12.0. The minimum Gasteiger partial charge on any atom is -0.464 e. The van der Waals surface area contributed by atoms with Crippen molar-refractivity contribution < 1.29 is 24.5 Å². The number of fused-ring (bicyclic) bond motifs is 2. The molecule has 2 saturated carbocycles. The topological polar surface area (TPSA) is 83.8 Å². The fraction of sp³-hybridized carbons (Fsp3) is 0.733.